The highest BCUT2D eigenvalue weighted by Crippen LogP contribution is 2.35. The number of para-hydroxylation sites is 1. The second kappa shape index (κ2) is 10.3. The number of fused-ring (bicyclic) bond motifs is 1. The minimum absolute atomic E-state index is 0.0290. The molecule has 5 rings (SSSR count). The van der Waals surface area contributed by atoms with E-state index in [1.165, 1.54) is 5.56 Å². The van der Waals surface area contributed by atoms with Gasteiger partial charge in [0.05, 0.1) is 36.8 Å². The fourth-order valence-electron chi connectivity index (χ4n) is 5.46. The minimum Gasteiger partial charge on any atom is -0.496 e. The average molecular weight is 490 g/mol. The lowest BCUT2D eigenvalue weighted by atomic mass is 10.0. The van der Waals surface area contributed by atoms with Crippen molar-refractivity contribution in [2.24, 2.45) is 0 Å². The molecule has 9 heteroatoms. The van der Waals surface area contributed by atoms with Crippen LogP contribution >= 0.6 is 0 Å². The van der Waals surface area contributed by atoms with Gasteiger partial charge in [-0.15, -0.1) is 0 Å². The van der Waals surface area contributed by atoms with Gasteiger partial charge in [0.1, 0.15) is 17.4 Å². The zero-order chi connectivity index (χ0) is 25.2. The number of carbonyl (C=O) groups excluding carboxylic acids is 1. The predicted molar refractivity (Wildman–Crippen MR) is 139 cm³/mol. The van der Waals surface area contributed by atoms with Crippen molar-refractivity contribution in [1.82, 2.24) is 25.1 Å². The number of aryl methyl sites for hydroxylation is 3. The summed E-state index contributed by atoms with van der Waals surface area (Å²) in [6.45, 7) is 8.74. The summed E-state index contributed by atoms with van der Waals surface area (Å²) in [4.78, 5) is 27.6. The lowest BCUT2D eigenvalue weighted by Gasteiger charge is -2.32. The monoisotopic (exact) mass is 489 g/mol. The Bertz CT molecular complexity index is 1240. The van der Waals surface area contributed by atoms with Crippen LogP contribution in [0, 0.1) is 20.8 Å². The van der Waals surface area contributed by atoms with Crippen molar-refractivity contribution in [3.63, 3.8) is 0 Å². The lowest BCUT2D eigenvalue weighted by molar-refractivity contribution is -0.117. The van der Waals surface area contributed by atoms with Crippen LogP contribution in [0.15, 0.2) is 24.3 Å². The number of aromatic nitrogens is 4. The van der Waals surface area contributed by atoms with Gasteiger partial charge in [-0.05, 0) is 59.1 Å². The zero-order valence-corrected chi connectivity index (χ0v) is 21.6. The number of nitrogens with one attached hydrogen (secondary N) is 2. The van der Waals surface area contributed by atoms with Crippen LogP contribution in [-0.2, 0) is 17.8 Å². The lowest BCUT2D eigenvalue weighted by Crippen LogP contribution is -2.35. The Morgan fingerprint density at radius 3 is 2.75 bits per heavy atom. The van der Waals surface area contributed by atoms with Gasteiger partial charge in [0.2, 0.25) is 5.91 Å². The number of anilines is 2. The third-order valence-corrected chi connectivity index (χ3v) is 7.32. The summed E-state index contributed by atoms with van der Waals surface area (Å²) in [7, 11) is 1.72. The van der Waals surface area contributed by atoms with Crippen LogP contribution in [0.3, 0.4) is 0 Å². The first-order valence-corrected chi connectivity index (χ1v) is 12.7. The molecule has 1 amide bonds. The molecule has 0 saturated carbocycles. The van der Waals surface area contributed by atoms with E-state index >= 15 is 0 Å². The molecule has 3 aromatic rings. The van der Waals surface area contributed by atoms with Gasteiger partial charge in [0.25, 0.3) is 0 Å². The molecule has 0 aliphatic carbocycles. The molecule has 1 atom stereocenters. The highest BCUT2D eigenvalue weighted by atomic mass is 16.5. The normalized spacial score (nSPS) is 17.8. The zero-order valence-electron chi connectivity index (χ0n) is 21.6. The number of rotatable bonds is 7. The van der Waals surface area contributed by atoms with Gasteiger partial charge in [-0.2, -0.15) is 5.10 Å². The number of nitrogens with zero attached hydrogens (tertiary/aromatic N) is 5. The molecule has 2 aliphatic rings. The Kier molecular flexibility index (Phi) is 6.91. The number of carbonyl (C=O) groups is 1. The van der Waals surface area contributed by atoms with Gasteiger partial charge in [-0.1, -0.05) is 18.2 Å². The molecule has 36 heavy (non-hydrogen) atoms. The minimum atomic E-state index is -0.0398. The van der Waals surface area contributed by atoms with Gasteiger partial charge < -0.3 is 15.0 Å². The summed E-state index contributed by atoms with van der Waals surface area (Å²) in [6.07, 6.45) is 4.03. The molecule has 1 saturated heterocycles. The molecule has 0 spiro atoms. The van der Waals surface area contributed by atoms with Crippen molar-refractivity contribution >= 4 is 17.4 Å². The molecule has 0 unspecified atom stereocenters. The van der Waals surface area contributed by atoms with Gasteiger partial charge in [0.15, 0.2) is 0 Å². The summed E-state index contributed by atoms with van der Waals surface area (Å²) < 4.78 is 5.60. The van der Waals surface area contributed by atoms with Crippen LogP contribution in [0.25, 0.3) is 0 Å². The fraction of sp³-hybridized carbons (Fsp3) is 0.481. The summed E-state index contributed by atoms with van der Waals surface area (Å²) in [5.41, 5.74) is 5.84. The quantitative estimate of drug-likeness (QED) is 0.520. The van der Waals surface area contributed by atoms with E-state index in [1.807, 2.05) is 32.0 Å². The number of hydrogen-bond acceptors (Lipinski definition) is 7. The number of methoxy groups -OCH3 is 1. The topological polar surface area (TPSA) is 99.3 Å². The SMILES string of the molecule is COc1ccccc1CN1CCCc2c(C)nc([C@H]3CCCN3CC(=O)Nc3c(C)n[nH]c3C)nc21. The standard InChI is InChI=1S/C27H35N7O2/c1-17-21-10-7-14-34(15-20-9-5-6-12-23(20)36-4)27(21)30-26(28-17)22-11-8-13-33(22)16-24(35)29-25-18(2)31-32-19(25)3/h5-6,9,12,22H,7-8,10-11,13-16H2,1-4H3,(H,29,35)(H,31,32)/t22-/m1/s1. The largest absolute Gasteiger partial charge is 0.496 e. The Morgan fingerprint density at radius 2 is 1.97 bits per heavy atom. The van der Waals surface area contributed by atoms with Gasteiger partial charge in [0, 0.05) is 29.9 Å². The van der Waals surface area contributed by atoms with Crippen LogP contribution in [-0.4, -0.2) is 57.7 Å². The first kappa shape index (κ1) is 24.2. The number of benzene rings is 1. The number of likely N-dealkylation sites (tertiary alicyclic amines) is 1. The van der Waals surface area contributed by atoms with Crippen LogP contribution in [0.2, 0.25) is 0 Å². The maximum absolute atomic E-state index is 12.9. The van der Waals surface area contributed by atoms with E-state index < -0.39 is 0 Å². The third-order valence-electron chi connectivity index (χ3n) is 7.32. The highest BCUT2D eigenvalue weighted by molar-refractivity contribution is 5.93. The number of hydrogen-bond donors (Lipinski definition) is 2. The maximum atomic E-state index is 12.9. The van der Waals surface area contributed by atoms with Crippen LogP contribution in [0.4, 0.5) is 11.5 Å². The van der Waals surface area contributed by atoms with Crippen molar-refractivity contribution < 1.29 is 9.53 Å². The van der Waals surface area contributed by atoms with Crippen molar-refractivity contribution in [2.75, 3.05) is 37.0 Å². The molecule has 1 aromatic carbocycles. The van der Waals surface area contributed by atoms with E-state index in [0.717, 1.165) is 91.0 Å². The number of ether oxygens (including phenoxy) is 1. The third kappa shape index (κ3) is 4.80. The predicted octanol–water partition coefficient (Wildman–Crippen LogP) is 3.86. The smallest absolute Gasteiger partial charge is 0.238 e. The van der Waals surface area contributed by atoms with E-state index in [4.69, 9.17) is 14.7 Å². The van der Waals surface area contributed by atoms with E-state index in [9.17, 15) is 4.79 Å². The second-order valence-corrected chi connectivity index (χ2v) is 9.79. The molecule has 0 radical (unpaired) electrons. The molecule has 2 aliphatic heterocycles. The van der Waals surface area contributed by atoms with Crippen molar-refractivity contribution in [1.29, 1.82) is 0 Å². The summed E-state index contributed by atoms with van der Waals surface area (Å²) in [6, 6.07) is 8.19. The summed E-state index contributed by atoms with van der Waals surface area (Å²) in [5.74, 6) is 2.70. The van der Waals surface area contributed by atoms with Crippen LogP contribution in [0.5, 0.6) is 5.75 Å². The molecule has 190 valence electrons. The second-order valence-electron chi connectivity index (χ2n) is 9.79. The Labute approximate surface area is 212 Å². The van der Waals surface area contributed by atoms with E-state index in [1.54, 1.807) is 7.11 Å². The first-order chi connectivity index (χ1) is 17.4. The summed E-state index contributed by atoms with van der Waals surface area (Å²) >= 11 is 0. The molecular formula is C27H35N7O2. The van der Waals surface area contributed by atoms with Crippen molar-refractivity contribution in [3.05, 3.63) is 58.3 Å². The maximum Gasteiger partial charge on any atom is 0.238 e. The molecule has 1 fully saturated rings. The van der Waals surface area contributed by atoms with Crippen LogP contribution < -0.4 is 15.0 Å². The fourth-order valence-corrected chi connectivity index (χ4v) is 5.46. The average Bonchev–Trinajstić information content (AvgIpc) is 3.46. The molecule has 4 heterocycles. The summed E-state index contributed by atoms with van der Waals surface area (Å²) in [5, 5.41) is 10.1. The van der Waals surface area contributed by atoms with Gasteiger partial charge >= 0.3 is 0 Å². The van der Waals surface area contributed by atoms with Gasteiger partial charge in [-0.3, -0.25) is 14.8 Å². The van der Waals surface area contributed by atoms with E-state index in [-0.39, 0.29) is 11.9 Å². The Balaban J connectivity index is 1.37. The number of amides is 1. The van der Waals surface area contributed by atoms with Crippen LogP contribution in [0.1, 0.15) is 59.3 Å². The first-order valence-electron chi connectivity index (χ1n) is 12.7. The molecule has 0 bridgehead atoms. The Hall–Kier alpha value is -3.46. The number of aromatic amines is 1. The Morgan fingerprint density at radius 1 is 1.14 bits per heavy atom. The van der Waals surface area contributed by atoms with Crippen molar-refractivity contribution in [3.8, 4) is 5.75 Å². The van der Waals surface area contributed by atoms with Crippen molar-refractivity contribution in [2.45, 2.75) is 59.0 Å². The number of H-pyrrole nitrogens is 1. The molecule has 2 N–H and O–H groups in total. The van der Waals surface area contributed by atoms with E-state index in [2.05, 4.69) is 38.3 Å². The van der Waals surface area contributed by atoms with Gasteiger partial charge in [-0.25, -0.2) is 9.97 Å². The molecular weight excluding hydrogens is 454 g/mol. The molecule has 2 aromatic heterocycles. The molecule has 9 nitrogen and oxygen atoms in total. The highest BCUT2D eigenvalue weighted by Gasteiger charge is 2.32. The van der Waals surface area contributed by atoms with E-state index in [0.29, 0.717) is 6.54 Å².